The van der Waals surface area contributed by atoms with Gasteiger partial charge in [-0.15, -0.1) is 0 Å². The third-order valence-electron chi connectivity index (χ3n) is 2.49. The van der Waals surface area contributed by atoms with E-state index < -0.39 is 0 Å². The third-order valence-corrected chi connectivity index (χ3v) is 3.64. The van der Waals surface area contributed by atoms with Gasteiger partial charge in [-0.3, -0.25) is 0 Å². The number of rotatable bonds is 5. The van der Waals surface area contributed by atoms with Crippen molar-refractivity contribution >= 4 is 40.7 Å². The molecule has 0 aliphatic rings. The van der Waals surface area contributed by atoms with Crippen LogP contribution in [0.1, 0.15) is 11.5 Å². The summed E-state index contributed by atoms with van der Waals surface area (Å²) >= 11 is 13.4. The number of phenols is 1. The van der Waals surface area contributed by atoms with Gasteiger partial charge in [-0.1, -0.05) is 23.2 Å². The van der Waals surface area contributed by atoms with Gasteiger partial charge in [-0.25, -0.2) is 0 Å². The van der Waals surface area contributed by atoms with Gasteiger partial charge in [0.05, 0.1) is 22.3 Å². The van der Waals surface area contributed by atoms with Gasteiger partial charge >= 0.3 is 0 Å². The van der Waals surface area contributed by atoms with Gasteiger partial charge in [-0.2, -0.15) is 11.8 Å². The van der Waals surface area contributed by atoms with Crippen LogP contribution in [0.15, 0.2) is 28.7 Å². The van der Waals surface area contributed by atoms with Gasteiger partial charge in [0, 0.05) is 5.69 Å². The second kappa shape index (κ2) is 6.46. The average Bonchev–Trinajstić information content (AvgIpc) is 2.81. The predicted octanol–water partition coefficient (Wildman–Crippen LogP) is 4.77. The molecule has 0 saturated heterocycles. The van der Waals surface area contributed by atoms with Gasteiger partial charge in [0.2, 0.25) is 0 Å². The molecule has 0 atom stereocenters. The van der Waals surface area contributed by atoms with Crippen molar-refractivity contribution in [3.05, 3.63) is 45.8 Å². The van der Waals surface area contributed by atoms with E-state index in [-0.39, 0.29) is 15.8 Å². The zero-order valence-electron chi connectivity index (χ0n) is 10.2. The Hall–Kier alpha value is -0.970. The van der Waals surface area contributed by atoms with Crippen LogP contribution in [-0.2, 0) is 12.3 Å². The summed E-state index contributed by atoms with van der Waals surface area (Å²) in [6, 6.07) is 7.13. The van der Waals surface area contributed by atoms with Crippen molar-refractivity contribution in [1.82, 2.24) is 0 Å². The Balaban J connectivity index is 2.01. The maximum absolute atomic E-state index is 9.47. The maximum Gasteiger partial charge on any atom is 0.152 e. The first kappa shape index (κ1) is 14.4. The molecule has 0 bridgehead atoms. The molecule has 0 fully saturated rings. The van der Waals surface area contributed by atoms with E-state index in [9.17, 15) is 5.11 Å². The fourth-order valence-corrected chi connectivity index (χ4v) is 2.52. The molecule has 0 unspecified atom stereocenters. The fourth-order valence-electron chi connectivity index (χ4n) is 1.59. The summed E-state index contributed by atoms with van der Waals surface area (Å²) < 4.78 is 5.63. The van der Waals surface area contributed by atoms with Crippen LogP contribution in [0.3, 0.4) is 0 Å². The Bertz CT molecular complexity index is 549. The molecule has 3 nitrogen and oxygen atoms in total. The highest BCUT2D eigenvalue weighted by atomic mass is 35.5. The number of benzene rings is 1. The largest absolute Gasteiger partial charge is 0.505 e. The molecule has 102 valence electrons. The lowest BCUT2D eigenvalue weighted by Crippen LogP contribution is -1.98. The van der Waals surface area contributed by atoms with E-state index in [4.69, 9.17) is 27.6 Å². The Morgan fingerprint density at radius 2 is 1.84 bits per heavy atom. The van der Waals surface area contributed by atoms with Crippen molar-refractivity contribution in [2.75, 3.05) is 11.6 Å². The van der Waals surface area contributed by atoms with Crippen molar-refractivity contribution in [1.29, 1.82) is 0 Å². The number of hydrogen-bond donors (Lipinski definition) is 2. The summed E-state index contributed by atoms with van der Waals surface area (Å²) in [5.74, 6) is 2.54. The van der Waals surface area contributed by atoms with E-state index in [1.165, 1.54) is 0 Å². The molecule has 1 aromatic heterocycles. The number of furan rings is 1. The molecular weight excluding hydrogens is 305 g/mol. The molecule has 0 amide bonds. The van der Waals surface area contributed by atoms with Crippen molar-refractivity contribution in [2.45, 2.75) is 12.3 Å². The highest BCUT2D eigenvalue weighted by Gasteiger charge is 2.07. The van der Waals surface area contributed by atoms with E-state index in [2.05, 4.69) is 5.32 Å². The summed E-state index contributed by atoms with van der Waals surface area (Å²) in [5, 5.41) is 13.1. The van der Waals surface area contributed by atoms with Gasteiger partial charge in [0.1, 0.15) is 11.5 Å². The quantitative estimate of drug-likeness (QED) is 0.780. The summed E-state index contributed by atoms with van der Waals surface area (Å²) in [6.45, 7) is 0.534. The number of aromatic hydroxyl groups is 1. The van der Waals surface area contributed by atoms with Crippen LogP contribution in [0.4, 0.5) is 5.69 Å². The van der Waals surface area contributed by atoms with Gasteiger partial charge in [0.25, 0.3) is 0 Å². The van der Waals surface area contributed by atoms with E-state index >= 15 is 0 Å². The van der Waals surface area contributed by atoms with Crippen molar-refractivity contribution < 1.29 is 9.52 Å². The Morgan fingerprint density at radius 1 is 1.21 bits per heavy atom. The molecule has 0 radical (unpaired) electrons. The van der Waals surface area contributed by atoms with Crippen LogP contribution in [-0.4, -0.2) is 11.4 Å². The third kappa shape index (κ3) is 3.75. The number of phenolic OH excluding ortho intramolecular Hbond substituents is 1. The first-order chi connectivity index (χ1) is 9.10. The Morgan fingerprint density at radius 3 is 2.47 bits per heavy atom. The van der Waals surface area contributed by atoms with Gasteiger partial charge < -0.3 is 14.8 Å². The number of hydrogen-bond acceptors (Lipinski definition) is 4. The summed E-state index contributed by atoms with van der Waals surface area (Å²) in [6.07, 6.45) is 2.03. The minimum absolute atomic E-state index is 0.103. The standard InChI is InChI=1S/C13H13Cl2NO2S/c1-19-7-10-3-2-9(18-10)6-16-8-4-11(14)13(17)12(15)5-8/h2-5,16-17H,6-7H2,1H3. The van der Waals surface area contributed by atoms with Crippen LogP contribution in [0.2, 0.25) is 10.0 Å². The highest BCUT2D eigenvalue weighted by Crippen LogP contribution is 2.34. The molecule has 19 heavy (non-hydrogen) atoms. The predicted molar refractivity (Wildman–Crippen MR) is 81.4 cm³/mol. The van der Waals surface area contributed by atoms with E-state index in [1.807, 2.05) is 18.4 Å². The zero-order valence-corrected chi connectivity index (χ0v) is 12.6. The molecule has 1 aromatic carbocycles. The summed E-state index contributed by atoms with van der Waals surface area (Å²) in [4.78, 5) is 0. The molecule has 0 spiro atoms. The van der Waals surface area contributed by atoms with Crippen LogP contribution < -0.4 is 5.32 Å². The Labute approximate surface area is 125 Å². The van der Waals surface area contributed by atoms with Crippen LogP contribution in [0, 0.1) is 0 Å². The molecule has 6 heteroatoms. The van der Waals surface area contributed by atoms with Crippen LogP contribution in [0.25, 0.3) is 0 Å². The second-order valence-electron chi connectivity index (χ2n) is 3.94. The first-order valence-electron chi connectivity index (χ1n) is 5.58. The molecular formula is C13H13Cl2NO2S. The lowest BCUT2D eigenvalue weighted by Gasteiger charge is -2.07. The molecule has 0 aliphatic heterocycles. The van der Waals surface area contributed by atoms with E-state index in [0.29, 0.717) is 6.54 Å². The number of anilines is 1. The molecule has 0 aliphatic carbocycles. The Kier molecular flexibility index (Phi) is 4.91. The molecule has 1 heterocycles. The SMILES string of the molecule is CSCc1ccc(CNc2cc(Cl)c(O)c(Cl)c2)o1. The molecule has 2 rings (SSSR count). The average molecular weight is 318 g/mol. The number of thioether (sulfide) groups is 1. The molecule has 2 N–H and O–H groups in total. The molecule has 0 saturated carbocycles. The normalized spacial score (nSPS) is 10.7. The zero-order chi connectivity index (χ0) is 13.8. The van der Waals surface area contributed by atoms with Crippen LogP contribution >= 0.6 is 35.0 Å². The van der Waals surface area contributed by atoms with Crippen molar-refractivity contribution in [2.24, 2.45) is 0 Å². The topological polar surface area (TPSA) is 45.4 Å². The first-order valence-corrected chi connectivity index (χ1v) is 7.73. The number of halogens is 2. The van der Waals surface area contributed by atoms with E-state index in [1.54, 1.807) is 23.9 Å². The van der Waals surface area contributed by atoms with Gasteiger partial charge in [0.15, 0.2) is 5.75 Å². The number of nitrogens with one attached hydrogen (secondary N) is 1. The maximum atomic E-state index is 9.47. The minimum atomic E-state index is -0.103. The van der Waals surface area contributed by atoms with E-state index in [0.717, 1.165) is 23.0 Å². The highest BCUT2D eigenvalue weighted by molar-refractivity contribution is 7.97. The second-order valence-corrected chi connectivity index (χ2v) is 5.62. The lowest BCUT2D eigenvalue weighted by atomic mass is 10.3. The summed E-state index contributed by atoms with van der Waals surface area (Å²) in [5.41, 5.74) is 0.732. The lowest BCUT2D eigenvalue weighted by molar-refractivity contribution is 0.476. The van der Waals surface area contributed by atoms with Crippen molar-refractivity contribution in [3.63, 3.8) is 0 Å². The minimum Gasteiger partial charge on any atom is -0.505 e. The summed E-state index contributed by atoms with van der Waals surface area (Å²) in [7, 11) is 0. The smallest absolute Gasteiger partial charge is 0.152 e. The molecule has 2 aromatic rings. The fraction of sp³-hybridized carbons (Fsp3) is 0.231. The monoisotopic (exact) mass is 317 g/mol. The van der Waals surface area contributed by atoms with Crippen molar-refractivity contribution in [3.8, 4) is 5.75 Å². The van der Waals surface area contributed by atoms with Gasteiger partial charge in [-0.05, 0) is 30.5 Å². The van der Waals surface area contributed by atoms with Crippen LogP contribution in [0.5, 0.6) is 5.75 Å².